The van der Waals surface area contributed by atoms with E-state index in [9.17, 15) is 18.5 Å². The maximum absolute atomic E-state index is 12.9. The molecule has 9 heteroatoms. The molecule has 1 atom stereocenters. The van der Waals surface area contributed by atoms with Crippen LogP contribution in [0, 0.1) is 24.0 Å². The Hall–Kier alpha value is -2.26. The number of hydrogen-bond acceptors (Lipinski definition) is 6. The van der Waals surface area contributed by atoms with Gasteiger partial charge in [0.1, 0.15) is 5.76 Å². The van der Waals surface area contributed by atoms with Gasteiger partial charge in [-0.3, -0.25) is 10.1 Å². The highest BCUT2D eigenvalue weighted by atomic mass is 32.2. The minimum absolute atomic E-state index is 0.0479. The molecule has 0 N–H and O–H groups in total. The molecule has 1 aromatic heterocycles. The Morgan fingerprint density at radius 2 is 1.96 bits per heavy atom. The van der Waals surface area contributed by atoms with Gasteiger partial charge in [0.2, 0.25) is 10.0 Å². The molecule has 0 aliphatic carbocycles. The van der Waals surface area contributed by atoms with Gasteiger partial charge in [0.15, 0.2) is 0 Å². The largest absolute Gasteiger partial charge is 0.361 e. The fourth-order valence-electron chi connectivity index (χ4n) is 3.16. The van der Waals surface area contributed by atoms with Gasteiger partial charge >= 0.3 is 0 Å². The topological polar surface area (TPSA) is 107 Å². The third-order valence-electron chi connectivity index (χ3n) is 4.28. The number of benzene rings is 1. The molecular formula is C15H17N3O5S. The molecule has 1 aliphatic rings. The van der Waals surface area contributed by atoms with E-state index in [0.717, 1.165) is 12.0 Å². The summed E-state index contributed by atoms with van der Waals surface area (Å²) in [5.74, 6) is 0.614. The van der Waals surface area contributed by atoms with E-state index in [0.29, 0.717) is 24.4 Å². The Kier molecular flexibility index (Phi) is 4.14. The molecule has 3 rings (SSSR count). The molecule has 0 amide bonds. The van der Waals surface area contributed by atoms with E-state index in [4.69, 9.17) is 4.52 Å². The van der Waals surface area contributed by atoms with Crippen LogP contribution in [0.4, 0.5) is 5.69 Å². The zero-order valence-electron chi connectivity index (χ0n) is 13.3. The molecule has 1 saturated heterocycles. The monoisotopic (exact) mass is 351 g/mol. The summed E-state index contributed by atoms with van der Waals surface area (Å²) in [6.07, 6.45) is 1.43. The Morgan fingerprint density at radius 1 is 1.29 bits per heavy atom. The van der Waals surface area contributed by atoms with Crippen LogP contribution in [0.3, 0.4) is 0 Å². The van der Waals surface area contributed by atoms with Gasteiger partial charge in [-0.05, 0) is 38.8 Å². The Morgan fingerprint density at radius 3 is 2.50 bits per heavy atom. The summed E-state index contributed by atoms with van der Waals surface area (Å²) in [5.41, 5.74) is 1.35. The van der Waals surface area contributed by atoms with E-state index in [1.807, 2.05) is 0 Å². The molecule has 1 unspecified atom stereocenters. The zero-order valence-corrected chi connectivity index (χ0v) is 14.1. The summed E-state index contributed by atoms with van der Waals surface area (Å²) in [5, 5.41) is 14.6. The fraction of sp³-hybridized carbons (Fsp3) is 0.400. The lowest BCUT2D eigenvalue weighted by atomic mass is 10.0. The van der Waals surface area contributed by atoms with Crippen molar-refractivity contribution in [2.24, 2.45) is 0 Å². The van der Waals surface area contributed by atoms with Crippen molar-refractivity contribution in [3.63, 3.8) is 0 Å². The summed E-state index contributed by atoms with van der Waals surface area (Å²) >= 11 is 0. The predicted molar refractivity (Wildman–Crippen MR) is 84.9 cm³/mol. The summed E-state index contributed by atoms with van der Waals surface area (Å²) in [7, 11) is -3.75. The second kappa shape index (κ2) is 5.99. The number of hydrogen-bond donors (Lipinski definition) is 0. The number of nitrogens with zero attached hydrogens (tertiary/aromatic N) is 3. The van der Waals surface area contributed by atoms with Crippen LogP contribution < -0.4 is 0 Å². The average molecular weight is 351 g/mol. The summed E-state index contributed by atoms with van der Waals surface area (Å²) in [6, 6.07) is 4.63. The number of sulfonamides is 1. The fourth-order valence-corrected chi connectivity index (χ4v) is 4.82. The van der Waals surface area contributed by atoms with Crippen molar-refractivity contribution in [1.29, 1.82) is 0 Å². The standard InChI is InChI=1S/C15H17N3O5S/c1-10-15(11(2)23-16-10)14-4-3-9-17(14)24(21,22)13-7-5-12(6-8-13)18(19)20/h5-8,14H,3-4,9H2,1-2H3. The number of rotatable bonds is 4. The Labute approximate surface area is 139 Å². The van der Waals surface area contributed by atoms with Crippen molar-refractivity contribution < 1.29 is 17.9 Å². The van der Waals surface area contributed by atoms with Gasteiger partial charge in [-0.25, -0.2) is 8.42 Å². The van der Waals surface area contributed by atoms with Crippen LogP contribution >= 0.6 is 0 Å². The molecule has 8 nitrogen and oxygen atoms in total. The smallest absolute Gasteiger partial charge is 0.269 e. The lowest BCUT2D eigenvalue weighted by Crippen LogP contribution is -2.31. The number of aromatic nitrogens is 1. The van der Waals surface area contributed by atoms with Gasteiger partial charge in [0.05, 0.1) is 21.6 Å². The molecule has 1 aromatic carbocycles. The number of nitro groups is 1. The molecule has 128 valence electrons. The quantitative estimate of drug-likeness (QED) is 0.619. The Bertz CT molecular complexity index is 854. The second-order valence-electron chi connectivity index (χ2n) is 5.76. The van der Waals surface area contributed by atoms with E-state index in [2.05, 4.69) is 5.16 Å². The van der Waals surface area contributed by atoms with E-state index in [1.54, 1.807) is 13.8 Å². The first-order valence-electron chi connectivity index (χ1n) is 7.51. The van der Waals surface area contributed by atoms with Crippen LogP contribution in [0.5, 0.6) is 0 Å². The van der Waals surface area contributed by atoms with E-state index >= 15 is 0 Å². The van der Waals surface area contributed by atoms with Crippen molar-refractivity contribution in [1.82, 2.24) is 9.46 Å². The zero-order chi connectivity index (χ0) is 17.5. The third-order valence-corrected chi connectivity index (χ3v) is 6.20. The van der Waals surface area contributed by atoms with E-state index in [1.165, 1.54) is 28.6 Å². The average Bonchev–Trinajstić information content (AvgIpc) is 3.14. The second-order valence-corrected chi connectivity index (χ2v) is 7.65. The first-order chi connectivity index (χ1) is 11.3. The highest BCUT2D eigenvalue weighted by Gasteiger charge is 2.38. The molecule has 2 heterocycles. The molecule has 0 bridgehead atoms. The molecule has 2 aromatic rings. The van der Waals surface area contributed by atoms with Gasteiger partial charge < -0.3 is 4.52 Å². The van der Waals surface area contributed by atoms with Crippen LogP contribution in [0.25, 0.3) is 0 Å². The van der Waals surface area contributed by atoms with Crippen LogP contribution in [-0.2, 0) is 10.0 Å². The van der Waals surface area contributed by atoms with Crippen LogP contribution in [-0.4, -0.2) is 29.3 Å². The van der Waals surface area contributed by atoms with Gasteiger partial charge in [-0.15, -0.1) is 0 Å². The van der Waals surface area contributed by atoms with Crippen molar-refractivity contribution in [3.05, 3.63) is 51.4 Å². The lowest BCUT2D eigenvalue weighted by Gasteiger charge is -2.24. The molecule has 1 fully saturated rings. The molecule has 1 aliphatic heterocycles. The minimum Gasteiger partial charge on any atom is -0.361 e. The highest BCUT2D eigenvalue weighted by Crippen LogP contribution is 2.39. The van der Waals surface area contributed by atoms with Crippen molar-refractivity contribution in [3.8, 4) is 0 Å². The number of aryl methyl sites for hydroxylation is 2. The first-order valence-corrected chi connectivity index (χ1v) is 8.95. The van der Waals surface area contributed by atoms with Crippen LogP contribution in [0.15, 0.2) is 33.7 Å². The number of nitro benzene ring substituents is 1. The third kappa shape index (κ3) is 2.69. The van der Waals surface area contributed by atoms with Gasteiger partial charge in [-0.2, -0.15) is 4.31 Å². The van der Waals surface area contributed by atoms with Crippen molar-refractivity contribution in [2.75, 3.05) is 6.54 Å². The Balaban J connectivity index is 1.98. The molecule has 0 radical (unpaired) electrons. The first kappa shape index (κ1) is 16.6. The van der Waals surface area contributed by atoms with Crippen LogP contribution in [0.2, 0.25) is 0 Å². The molecule has 24 heavy (non-hydrogen) atoms. The molecule has 0 spiro atoms. The van der Waals surface area contributed by atoms with Crippen molar-refractivity contribution >= 4 is 15.7 Å². The summed E-state index contributed by atoms with van der Waals surface area (Å²) in [6.45, 7) is 3.96. The predicted octanol–water partition coefficient (Wildman–Crippen LogP) is 2.73. The SMILES string of the molecule is Cc1noc(C)c1C1CCCN1S(=O)(=O)c1ccc([N+](=O)[O-])cc1. The summed E-state index contributed by atoms with van der Waals surface area (Å²) < 4.78 is 32.5. The van der Waals surface area contributed by atoms with Gasteiger partial charge in [0.25, 0.3) is 5.69 Å². The minimum atomic E-state index is -3.75. The molecule has 0 saturated carbocycles. The normalized spacial score (nSPS) is 18.8. The lowest BCUT2D eigenvalue weighted by molar-refractivity contribution is -0.384. The maximum Gasteiger partial charge on any atom is 0.269 e. The molecular weight excluding hydrogens is 334 g/mol. The summed E-state index contributed by atoms with van der Waals surface area (Å²) in [4.78, 5) is 10.2. The van der Waals surface area contributed by atoms with Crippen LogP contribution in [0.1, 0.15) is 35.9 Å². The van der Waals surface area contributed by atoms with E-state index < -0.39 is 14.9 Å². The van der Waals surface area contributed by atoms with Gasteiger partial charge in [-0.1, -0.05) is 5.16 Å². The highest BCUT2D eigenvalue weighted by molar-refractivity contribution is 7.89. The maximum atomic E-state index is 12.9. The van der Waals surface area contributed by atoms with Gasteiger partial charge in [0, 0.05) is 24.2 Å². The number of non-ortho nitro benzene ring substituents is 1. The van der Waals surface area contributed by atoms with E-state index in [-0.39, 0.29) is 16.6 Å². The van der Waals surface area contributed by atoms with Crippen molar-refractivity contribution in [2.45, 2.75) is 37.6 Å².